The van der Waals surface area contributed by atoms with Gasteiger partial charge in [0.1, 0.15) is 10.2 Å². The molecule has 0 aromatic heterocycles. The maximum atomic E-state index is 11.4. The lowest BCUT2D eigenvalue weighted by Gasteiger charge is -2.09. The highest BCUT2D eigenvalue weighted by molar-refractivity contribution is 6.13. The minimum absolute atomic E-state index is 0.785. The van der Waals surface area contributed by atoms with Gasteiger partial charge in [0.25, 0.3) is 5.55 Å². The van der Waals surface area contributed by atoms with Crippen molar-refractivity contribution < 1.29 is 13.2 Å². The van der Waals surface area contributed by atoms with E-state index >= 15 is 0 Å². The molecular formula is C3H4F3Si. The monoisotopic (exact) mass is 125 g/mol. The summed E-state index contributed by atoms with van der Waals surface area (Å²) in [6.45, 7) is 0.785. The van der Waals surface area contributed by atoms with Gasteiger partial charge >= 0.3 is 0 Å². The lowest BCUT2D eigenvalue weighted by molar-refractivity contribution is 0.0152. The van der Waals surface area contributed by atoms with Crippen LogP contribution < -0.4 is 0 Å². The molecule has 0 spiro atoms. The molecule has 0 aliphatic carbocycles. The fourth-order valence-corrected chi connectivity index (χ4v) is 0. The SMILES string of the molecule is CC(F)C(F)(F)[Si]. The van der Waals surface area contributed by atoms with Crippen molar-refractivity contribution in [3.8, 4) is 0 Å². The van der Waals surface area contributed by atoms with Crippen LogP contribution in [-0.4, -0.2) is 22.0 Å². The first-order valence-electron chi connectivity index (χ1n) is 1.71. The summed E-state index contributed by atoms with van der Waals surface area (Å²) in [5, 5.41) is 0. The Labute approximate surface area is 43.1 Å². The summed E-state index contributed by atoms with van der Waals surface area (Å²) in [4.78, 5) is 0. The first-order chi connectivity index (χ1) is 2.94. The molecule has 0 fully saturated rings. The summed E-state index contributed by atoms with van der Waals surface area (Å²) < 4.78 is 34.2. The lowest BCUT2D eigenvalue weighted by atomic mass is 10.5. The number of hydrogen-bond acceptors (Lipinski definition) is 0. The largest absolute Gasteiger partial charge is 0.252 e. The van der Waals surface area contributed by atoms with Crippen molar-refractivity contribution >= 4 is 10.2 Å². The van der Waals surface area contributed by atoms with Crippen LogP contribution in [0.1, 0.15) is 6.92 Å². The number of hydrogen-bond donors (Lipinski definition) is 0. The van der Waals surface area contributed by atoms with Gasteiger partial charge in [-0.1, -0.05) is 0 Å². The molecule has 0 nitrogen and oxygen atoms in total. The highest BCUT2D eigenvalue weighted by Gasteiger charge is 2.29. The molecule has 3 radical (unpaired) electrons. The second-order valence-corrected chi connectivity index (χ2v) is 1.91. The third kappa shape index (κ3) is 2.67. The molecule has 0 bridgehead atoms. The fraction of sp³-hybridized carbons (Fsp3) is 1.00. The average Bonchev–Trinajstić information content (AvgIpc) is 1.31. The summed E-state index contributed by atoms with van der Waals surface area (Å²) in [5.74, 6) is 0. The third-order valence-corrected chi connectivity index (χ3v) is 0.897. The van der Waals surface area contributed by atoms with E-state index in [2.05, 4.69) is 0 Å². The van der Waals surface area contributed by atoms with E-state index in [1.165, 1.54) is 0 Å². The Morgan fingerprint density at radius 1 is 1.57 bits per heavy atom. The molecule has 0 aliphatic heterocycles. The van der Waals surface area contributed by atoms with E-state index in [0.717, 1.165) is 6.92 Å². The van der Waals surface area contributed by atoms with E-state index in [0.29, 0.717) is 0 Å². The van der Waals surface area contributed by atoms with Crippen LogP contribution in [0.15, 0.2) is 0 Å². The Balaban J connectivity index is 3.54. The molecule has 0 aromatic rings. The third-order valence-electron chi connectivity index (χ3n) is 0.500. The first-order valence-corrected chi connectivity index (χ1v) is 2.21. The Bertz CT molecular complexity index is 55.7. The van der Waals surface area contributed by atoms with E-state index in [1.54, 1.807) is 0 Å². The first kappa shape index (κ1) is 7.01. The molecule has 0 rings (SSSR count). The van der Waals surface area contributed by atoms with E-state index in [9.17, 15) is 13.2 Å². The molecule has 7 heavy (non-hydrogen) atoms. The number of alkyl halides is 3. The van der Waals surface area contributed by atoms with Crippen LogP contribution in [0.4, 0.5) is 13.2 Å². The molecular weight excluding hydrogens is 121 g/mol. The molecule has 0 aromatic carbocycles. The standard InChI is InChI=1S/C3H4F3Si/c1-2(4)3(5,6)7/h2H,1H3. The Kier molecular flexibility index (Phi) is 1.86. The van der Waals surface area contributed by atoms with Crippen molar-refractivity contribution in [1.82, 2.24) is 0 Å². The van der Waals surface area contributed by atoms with Crippen LogP contribution in [0.3, 0.4) is 0 Å². The summed E-state index contributed by atoms with van der Waals surface area (Å²) >= 11 is 0. The minimum Gasteiger partial charge on any atom is -0.242 e. The van der Waals surface area contributed by atoms with Gasteiger partial charge in [0, 0.05) is 0 Å². The van der Waals surface area contributed by atoms with E-state index < -0.39 is 11.7 Å². The summed E-state index contributed by atoms with van der Waals surface area (Å²) in [5.41, 5.74) is -3.36. The van der Waals surface area contributed by atoms with Crippen molar-refractivity contribution in [1.29, 1.82) is 0 Å². The van der Waals surface area contributed by atoms with Gasteiger partial charge in [-0.2, -0.15) is 0 Å². The molecule has 4 heteroatoms. The molecule has 0 N–H and O–H groups in total. The zero-order valence-electron chi connectivity index (χ0n) is 3.71. The molecule has 1 atom stereocenters. The second-order valence-electron chi connectivity index (χ2n) is 1.24. The Hall–Kier alpha value is 0.00688. The normalized spacial score (nSPS) is 16.7. The Morgan fingerprint density at radius 3 is 1.71 bits per heavy atom. The summed E-state index contributed by atoms with van der Waals surface area (Å²) in [6, 6.07) is 0. The van der Waals surface area contributed by atoms with E-state index in [-0.39, 0.29) is 0 Å². The minimum atomic E-state index is -3.36. The molecule has 1 unspecified atom stereocenters. The Morgan fingerprint density at radius 2 is 1.71 bits per heavy atom. The van der Waals surface area contributed by atoms with Gasteiger partial charge < -0.3 is 0 Å². The summed E-state index contributed by atoms with van der Waals surface area (Å²) in [6.07, 6.45) is -2.12. The van der Waals surface area contributed by atoms with Crippen LogP contribution in [0.5, 0.6) is 0 Å². The molecule has 0 saturated heterocycles. The maximum absolute atomic E-state index is 11.4. The quantitative estimate of drug-likeness (QED) is 0.460. The van der Waals surface area contributed by atoms with Gasteiger partial charge in [-0.25, -0.2) is 13.2 Å². The predicted molar refractivity (Wildman–Crippen MR) is 21.3 cm³/mol. The van der Waals surface area contributed by atoms with Crippen LogP contribution in [-0.2, 0) is 0 Å². The topological polar surface area (TPSA) is 0 Å². The summed E-state index contributed by atoms with van der Waals surface area (Å²) in [7, 11) is 1.88. The van der Waals surface area contributed by atoms with Gasteiger partial charge in [0.2, 0.25) is 0 Å². The molecule has 0 saturated carbocycles. The second kappa shape index (κ2) is 1.86. The van der Waals surface area contributed by atoms with Crippen molar-refractivity contribution in [3.05, 3.63) is 0 Å². The maximum Gasteiger partial charge on any atom is 0.252 e. The molecule has 0 aliphatic rings. The van der Waals surface area contributed by atoms with Gasteiger partial charge in [-0.05, 0) is 6.92 Å². The molecule has 0 heterocycles. The van der Waals surface area contributed by atoms with Crippen LogP contribution >= 0.6 is 0 Å². The molecule has 41 valence electrons. The van der Waals surface area contributed by atoms with Crippen molar-refractivity contribution in [3.63, 3.8) is 0 Å². The zero-order chi connectivity index (χ0) is 6.08. The fourth-order valence-electron chi connectivity index (χ4n) is 0. The van der Waals surface area contributed by atoms with E-state index in [1.807, 2.05) is 10.2 Å². The lowest BCUT2D eigenvalue weighted by Crippen LogP contribution is -2.26. The number of rotatable bonds is 1. The van der Waals surface area contributed by atoms with Crippen molar-refractivity contribution in [2.45, 2.75) is 18.6 Å². The van der Waals surface area contributed by atoms with Crippen molar-refractivity contribution in [2.75, 3.05) is 0 Å². The van der Waals surface area contributed by atoms with Gasteiger partial charge in [0.15, 0.2) is 6.17 Å². The van der Waals surface area contributed by atoms with E-state index in [4.69, 9.17) is 0 Å². The van der Waals surface area contributed by atoms with Crippen molar-refractivity contribution in [2.24, 2.45) is 0 Å². The highest BCUT2D eigenvalue weighted by Crippen LogP contribution is 2.15. The van der Waals surface area contributed by atoms with Gasteiger partial charge in [-0.15, -0.1) is 0 Å². The molecule has 0 amide bonds. The predicted octanol–water partition coefficient (Wildman–Crippen LogP) is 1.11. The van der Waals surface area contributed by atoms with Gasteiger partial charge in [-0.3, -0.25) is 0 Å². The van der Waals surface area contributed by atoms with Gasteiger partial charge in [0.05, 0.1) is 0 Å². The highest BCUT2D eigenvalue weighted by atomic mass is 28.1. The average molecular weight is 125 g/mol. The zero-order valence-corrected chi connectivity index (χ0v) is 4.71. The van der Waals surface area contributed by atoms with Crippen LogP contribution in [0.25, 0.3) is 0 Å². The smallest absolute Gasteiger partial charge is 0.242 e. The van der Waals surface area contributed by atoms with Crippen LogP contribution in [0.2, 0.25) is 0 Å². The number of halogens is 3. The van der Waals surface area contributed by atoms with Crippen LogP contribution in [0, 0.1) is 0 Å².